The molecule has 1 atom stereocenters. The van der Waals surface area contributed by atoms with E-state index in [4.69, 9.17) is 11.6 Å². The van der Waals surface area contributed by atoms with Crippen LogP contribution in [-0.2, 0) is 21.4 Å². The van der Waals surface area contributed by atoms with Gasteiger partial charge in [-0.15, -0.1) is 0 Å². The number of nitrogens with zero attached hydrogens (tertiary/aromatic N) is 2. The van der Waals surface area contributed by atoms with Crippen LogP contribution < -0.4 is 0 Å². The van der Waals surface area contributed by atoms with Gasteiger partial charge >= 0.3 is 0 Å². The second kappa shape index (κ2) is 8.32. The standard InChI is InChI=1S/C17H25ClN2O3S/c1-14-6-5-10-19(12-14)17(21)9-11-20(24(2,22)23)13-15-7-3-4-8-16(15)18/h3-4,7-8,14H,5-6,9-13H2,1-2H3. The highest BCUT2D eigenvalue weighted by atomic mass is 35.5. The molecule has 7 heteroatoms. The molecule has 1 fully saturated rings. The second-order valence-corrected chi connectivity index (χ2v) is 8.91. The monoisotopic (exact) mass is 372 g/mol. The molecular weight excluding hydrogens is 348 g/mol. The number of hydrogen-bond donors (Lipinski definition) is 0. The molecule has 0 N–H and O–H groups in total. The van der Waals surface area contributed by atoms with Crippen molar-refractivity contribution >= 4 is 27.5 Å². The minimum Gasteiger partial charge on any atom is -0.342 e. The van der Waals surface area contributed by atoms with Crippen molar-refractivity contribution in [2.45, 2.75) is 32.7 Å². The molecule has 1 heterocycles. The van der Waals surface area contributed by atoms with Crippen molar-refractivity contribution in [3.8, 4) is 0 Å². The first-order chi connectivity index (χ1) is 11.3. The summed E-state index contributed by atoms with van der Waals surface area (Å²) in [5, 5.41) is 0.530. The van der Waals surface area contributed by atoms with E-state index in [0.717, 1.165) is 37.8 Å². The fourth-order valence-electron chi connectivity index (χ4n) is 2.97. The molecule has 134 valence electrons. The third-order valence-corrected chi connectivity index (χ3v) is 5.98. The highest BCUT2D eigenvalue weighted by molar-refractivity contribution is 7.88. The van der Waals surface area contributed by atoms with Crippen molar-refractivity contribution in [1.82, 2.24) is 9.21 Å². The lowest BCUT2D eigenvalue weighted by atomic mass is 10.00. The lowest BCUT2D eigenvalue weighted by molar-refractivity contribution is -0.133. The zero-order valence-corrected chi connectivity index (χ0v) is 15.8. The molecule has 0 radical (unpaired) electrons. The number of likely N-dealkylation sites (tertiary alicyclic amines) is 1. The smallest absolute Gasteiger partial charge is 0.223 e. The van der Waals surface area contributed by atoms with Gasteiger partial charge in [-0.05, 0) is 30.4 Å². The van der Waals surface area contributed by atoms with E-state index < -0.39 is 10.0 Å². The lowest BCUT2D eigenvalue weighted by Crippen LogP contribution is -2.41. The van der Waals surface area contributed by atoms with Gasteiger partial charge in [-0.25, -0.2) is 8.42 Å². The Kier molecular flexibility index (Phi) is 6.66. The molecule has 1 aliphatic rings. The van der Waals surface area contributed by atoms with Crippen molar-refractivity contribution in [2.75, 3.05) is 25.9 Å². The normalized spacial score (nSPS) is 18.8. The van der Waals surface area contributed by atoms with Crippen LogP contribution in [0.3, 0.4) is 0 Å². The van der Waals surface area contributed by atoms with E-state index in [1.165, 1.54) is 4.31 Å². The van der Waals surface area contributed by atoms with E-state index in [2.05, 4.69) is 6.92 Å². The van der Waals surface area contributed by atoms with E-state index in [9.17, 15) is 13.2 Å². The largest absolute Gasteiger partial charge is 0.342 e. The third-order valence-electron chi connectivity index (χ3n) is 4.36. The maximum absolute atomic E-state index is 12.4. The molecule has 1 saturated heterocycles. The number of hydrogen-bond acceptors (Lipinski definition) is 3. The molecule has 0 aliphatic carbocycles. The van der Waals surface area contributed by atoms with Gasteiger partial charge in [-0.2, -0.15) is 4.31 Å². The number of rotatable bonds is 6. The van der Waals surface area contributed by atoms with Crippen LogP contribution in [0.4, 0.5) is 0 Å². The summed E-state index contributed by atoms with van der Waals surface area (Å²) < 4.78 is 25.4. The summed E-state index contributed by atoms with van der Waals surface area (Å²) >= 11 is 6.12. The summed E-state index contributed by atoms with van der Waals surface area (Å²) in [5.41, 5.74) is 0.739. The molecule has 24 heavy (non-hydrogen) atoms. The Balaban J connectivity index is 1.99. The predicted molar refractivity (Wildman–Crippen MR) is 96.3 cm³/mol. The Labute approximate surface area is 149 Å². The summed E-state index contributed by atoms with van der Waals surface area (Å²) in [6, 6.07) is 7.16. The number of benzene rings is 1. The minimum atomic E-state index is -3.41. The first-order valence-corrected chi connectivity index (χ1v) is 10.5. The third kappa shape index (κ3) is 5.46. The highest BCUT2D eigenvalue weighted by Gasteiger charge is 2.24. The van der Waals surface area contributed by atoms with Gasteiger partial charge in [0.15, 0.2) is 0 Å². The summed E-state index contributed by atoms with van der Waals surface area (Å²) in [6.07, 6.45) is 3.52. The lowest BCUT2D eigenvalue weighted by Gasteiger charge is -2.31. The Hall–Kier alpha value is -1.11. The van der Waals surface area contributed by atoms with Gasteiger partial charge < -0.3 is 4.90 Å². The van der Waals surface area contributed by atoms with Gasteiger partial charge in [0, 0.05) is 37.6 Å². The van der Waals surface area contributed by atoms with Crippen molar-refractivity contribution < 1.29 is 13.2 Å². The number of amides is 1. The van der Waals surface area contributed by atoms with Gasteiger partial charge in [-0.1, -0.05) is 36.7 Å². The first-order valence-electron chi connectivity index (χ1n) is 8.23. The van der Waals surface area contributed by atoms with Crippen molar-refractivity contribution in [2.24, 2.45) is 5.92 Å². The van der Waals surface area contributed by atoms with Crippen LogP contribution >= 0.6 is 11.6 Å². The summed E-state index contributed by atoms with van der Waals surface area (Å²) in [4.78, 5) is 14.2. The number of halogens is 1. The first kappa shape index (κ1) is 19.2. The van der Waals surface area contributed by atoms with Gasteiger partial charge in [-0.3, -0.25) is 4.79 Å². The molecular formula is C17H25ClN2O3S. The molecule has 0 spiro atoms. The molecule has 0 bridgehead atoms. The van der Waals surface area contributed by atoms with Crippen LogP contribution in [0.25, 0.3) is 0 Å². The Morgan fingerprint density at radius 1 is 1.38 bits per heavy atom. The maximum Gasteiger partial charge on any atom is 0.223 e. The van der Waals surface area contributed by atoms with E-state index in [-0.39, 0.29) is 25.4 Å². The fourth-order valence-corrected chi connectivity index (χ4v) is 3.97. The van der Waals surface area contributed by atoms with Crippen molar-refractivity contribution in [1.29, 1.82) is 0 Å². The van der Waals surface area contributed by atoms with Crippen molar-refractivity contribution in [3.05, 3.63) is 34.9 Å². The molecule has 1 aliphatic heterocycles. The number of piperidine rings is 1. The minimum absolute atomic E-state index is 0.0226. The Morgan fingerprint density at radius 2 is 2.08 bits per heavy atom. The van der Waals surface area contributed by atoms with Crippen molar-refractivity contribution in [3.63, 3.8) is 0 Å². The predicted octanol–water partition coefficient (Wildman–Crippen LogP) is 2.75. The maximum atomic E-state index is 12.4. The quantitative estimate of drug-likeness (QED) is 0.771. The van der Waals surface area contributed by atoms with Gasteiger partial charge in [0.1, 0.15) is 0 Å². The highest BCUT2D eigenvalue weighted by Crippen LogP contribution is 2.20. The van der Waals surface area contributed by atoms with E-state index in [1.54, 1.807) is 18.2 Å². The summed E-state index contributed by atoms with van der Waals surface area (Å²) in [7, 11) is -3.41. The molecule has 1 unspecified atom stereocenters. The van der Waals surface area contributed by atoms with Gasteiger partial charge in [0.2, 0.25) is 15.9 Å². The van der Waals surface area contributed by atoms with E-state index >= 15 is 0 Å². The molecule has 1 amide bonds. The van der Waals surface area contributed by atoms with Crippen LogP contribution in [-0.4, -0.2) is 49.4 Å². The Bertz CT molecular complexity index is 678. The molecule has 2 rings (SSSR count). The molecule has 0 aromatic heterocycles. The fraction of sp³-hybridized carbons (Fsp3) is 0.588. The number of sulfonamides is 1. The number of carbonyl (C=O) groups excluding carboxylic acids is 1. The SMILES string of the molecule is CC1CCCN(C(=O)CCN(Cc2ccccc2Cl)S(C)(=O)=O)C1. The van der Waals surface area contributed by atoms with Crippen LogP contribution in [0, 0.1) is 5.92 Å². The zero-order chi connectivity index (χ0) is 17.7. The topological polar surface area (TPSA) is 57.7 Å². The van der Waals surface area contributed by atoms with Crippen LogP contribution in [0.5, 0.6) is 0 Å². The average molecular weight is 373 g/mol. The van der Waals surface area contributed by atoms with Crippen LogP contribution in [0.1, 0.15) is 31.7 Å². The number of carbonyl (C=O) groups is 1. The zero-order valence-electron chi connectivity index (χ0n) is 14.2. The van der Waals surface area contributed by atoms with E-state index in [0.29, 0.717) is 10.9 Å². The van der Waals surface area contributed by atoms with Gasteiger partial charge in [0.25, 0.3) is 0 Å². The summed E-state index contributed by atoms with van der Waals surface area (Å²) in [6.45, 7) is 4.03. The van der Waals surface area contributed by atoms with E-state index in [1.807, 2.05) is 11.0 Å². The summed E-state index contributed by atoms with van der Waals surface area (Å²) in [5.74, 6) is 0.534. The average Bonchev–Trinajstić information content (AvgIpc) is 2.51. The molecule has 5 nitrogen and oxygen atoms in total. The second-order valence-electron chi connectivity index (χ2n) is 6.53. The molecule has 1 aromatic rings. The van der Waals surface area contributed by atoms with Crippen LogP contribution in [0.15, 0.2) is 24.3 Å². The molecule has 1 aromatic carbocycles. The molecule has 0 saturated carbocycles. The van der Waals surface area contributed by atoms with Crippen LogP contribution in [0.2, 0.25) is 5.02 Å². The Morgan fingerprint density at radius 3 is 2.71 bits per heavy atom. The van der Waals surface area contributed by atoms with Gasteiger partial charge in [0.05, 0.1) is 6.26 Å².